The molecule has 0 aliphatic heterocycles. The molecule has 0 bridgehead atoms. The van der Waals surface area contributed by atoms with Gasteiger partial charge >= 0.3 is 5.97 Å². The van der Waals surface area contributed by atoms with E-state index < -0.39 is 13.1 Å². The summed E-state index contributed by atoms with van der Waals surface area (Å²) >= 11 is 0. The van der Waals surface area contributed by atoms with E-state index in [1.165, 1.54) is 6.08 Å². The number of carbonyl (C=O) groups excluding carboxylic acids is 1. The summed E-state index contributed by atoms with van der Waals surface area (Å²) in [6, 6.07) is 9.80. The first-order valence-corrected chi connectivity index (χ1v) is 8.86. The second-order valence-electron chi connectivity index (χ2n) is 4.59. The first-order chi connectivity index (χ1) is 8.97. The van der Waals surface area contributed by atoms with Gasteiger partial charge in [-0.25, -0.2) is 4.79 Å². The molecular formula is C15H19O3P. The highest BCUT2D eigenvalue weighted by molar-refractivity contribution is 7.62. The van der Waals surface area contributed by atoms with Crippen LogP contribution in [0.15, 0.2) is 48.6 Å². The molecule has 3 nitrogen and oxygen atoms in total. The average Bonchev–Trinajstić information content (AvgIpc) is 2.34. The third-order valence-corrected chi connectivity index (χ3v) is 3.57. The molecule has 102 valence electrons. The van der Waals surface area contributed by atoms with Crippen LogP contribution in [0.2, 0.25) is 0 Å². The minimum Gasteiger partial charge on any atom is -0.462 e. The molecule has 0 aliphatic rings. The number of esters is 1. The van der Waals surface area contributed by atoms with E-state index in [1.807, 2.05) is 36.4 Å². The van der Waals surface area contributed by atoms with Crippen molar-refractivity contribution >= 4 is 19.2 Å². The van der Waals surface area contributed by atoms with Crippen LogP contribution in [0.1, 0.15) is 5.56 Å². The monoisotopic (exact) mass is 278 g/mol. The molecule has 0 N–H and O–H groups in total. The number of hydrogen-bond donors (Lipinski definition) is 0. The summed E-state index contributed by atoms with van der Waals surface area (Å²) in [6.45, 7) is 3.56. The van der Waals surface area contributed by atoms with Gasteiger partial charge in [0.1, 0.15) is 0 Å². The standard InChI is InChI=1S/C15H19O3P/c1-19(2,17)13-12-18-15(16)11-7-6-10-14-8-4-3-5-9-14/h3-11H,12-13H2,1-2H3/b10-6+,11-7+. The summed E-state index contributed by atoms with van der Waals surface area (Å²) in [5.74, 6) is -0.411. The fraction of sp³-hybridized carbons (Fsp3) is 0.267. The summed E-state index contributed by atoms with van der Waals surface area (Å²) in [6.07, 6.45) is 7.09. The van der Waals surface area contributed by atoms with Crippen LogP contribution in [0.25, 0.3) is 6.08 Å². The Kier molecular flexibility index (Phi) is 6.31. The van der Waals surface area contributed by atoms with Gasteiger partial charge in [-0.05, 0) is 18.9 Å². The first kappa shape index (κ1) is 15.5. The van der Waals surface area contributed by atoms with E-state index >= 15 is 0 Å². The largest absolute Gasteiger partial charge is 0.462 e. The molecule has 0 atom stereocenters. The summed E-state index contributed by atoms with van der Waals surface area (Å²) < 4.78 is 16.3. The minimum atomic E-state index is -2.11. The van der Waals surface area contributed by atoms with Gasteiger partial charge in [-0.1, -0.05) is 48.6 Å². The molecule has 1 aromatic rings. The Labute approximate surface area is 114 Å². The van der Waals surface area contributed by atoms with Crippen molar-refractivity contribution in [3.05, 3.63) is 54.1 Å². The van der Waals surface area contributed by atoms with Gasteiger partial charge in [0.05, 0.1) is 13.7 Å². The van der Waals surface area contributed by atoms with E-state index in [0.29, 0.717) is 6.16 Å². The van der Waals surface area contributed by atoms with Crippen LogP contribution in [0.5, 0.6) is 0 Å². The van der Waals surface area contributed by atoms with Crippen LogP contribution in [-0.2, 0) is 14.1 Å². The smallest absolute Gasteiger partial charge is 0.330 e. The van der Waals surface area contributed by atoms with Crippen molar-refractivity contribution in [2.75, 3.05) is 26.1 Å². The number of rotatable bonds is 6. The van der Waals surface area contributed by atoms with Crippen molar-refractivity contribution in [1.82, 2.24) is 0 Å². The number of ether oxygens (including phenoxy) is 1. The second kappa shape index (κ2) is 7.75. The number of benzene rings is 1. The topological polar surface area (TPSA) is 43.4 Å². The van der Waals surface area contributed by atoms with Gasteiger partial charge in [0.2, 0.25) is 0 Å². The lowest BCUT2D eigenvalue weighted by Crippen LogP contribution is -2.05. The van der Waals surface area contributed by atoms with Gasteiger partial charge in [0, 0.05) is 12.2 Å². The van der Waals surface area contributed by atoms with Gasteiger partial charge in [-0.3, -0.25) is 0 Å². The van der Waals surface area contributed by atoms with Gasteiger partial charge in [0.25, 0.3) is 0 Å². The zero-order chi connectivity index (χ0) is 14.1. The molecule has 1 rings (SSSR count). The molecule has 0 radical (unpaired) electrons. The lowest BCUT2D eigenvalue weighted by atomic mass is 10.2. The summed E-state index contributed by atoms with van der Waals surface area (Å²) in [4.78, 5) is 11.3. The Morgan fingerprint density at radius 3 is 2.53 bits per heavy atom. The van der Waals surface area contributed by atoms with Crippen molar-refractivity contribution in [3.63, 3.8) is 0 Å². The van der Waals surface area contributed by atoms with E-state index in [9.17, 15) is 9.36 Å². The van der Waals surface area contributed by atoms with Crippen LogP contribution in [-0.4, -0.2) is 32.1 Å². The Hall–Kier alpha value is -1.60. The number of hydrogen-bond acceptors (Lipinski definition) is 3. The molecule has 0 unspecified atom stereocenters. The van der Waals surface area contributed by atoms with Crippen LogP contribution in [0.3, 0.4) is 0 Å². The highest BCUT2D eigenvalue weighted by Gasteiger charge is 2.07. The quantitative estimate of drug-likeness (QED) is 0.346. The Balaban J connectivity index is 2.31. The van der Waals surface area contributed by atoms with E-state index in [1.54, 1.807) is 25.5 Å². The first-order valence-electron chi connectivity index (χ1n) is 6.08. The van der Waals surface area contributed by atoms with Crippen LogP contribution in [0.4, 0.5) is 0 Å². The number of carbonyl (C=O) groups is 1. The fourth-order valence-corrected chi connectivity index (χ4v) is 1.81. The SMILES string of the molecule is CP(C)(=O)CCOC(=O)/C=C/C=C/c1ccccc1. The summed E-state index contributed by atoms with van der Waals surface area (Å²) in [7, 11) is -2.11. The zero-order valence-electron chi connectivity index (χ0n) is 11.3. The summed E-state index contributed by atoms with van der Waals surface area (Å²) in [5.41, 5.74) is 1.07. The van der Waals surface area contributed by atoms with Gasteiger partial charge in [-0.2, -0.15) is 0 Å². The molecule has 0 spiro atoms. The van der Waals surface area contributed by atoms with Crippen LogP contribution >= 0.6 is 7.14 Å². The van der Waals surface area contributed by atoms with Gasteiger partial charge < -0.3 is 9.30 Å². The molecule has 19 heavy (non-hydrogen) atoms. The highest BCUT2D eigenvalue weighted by Crippen LogP contribution is 2.34. The van der Waals surface area contributed by atoms with E-state index in [4.69, 9.17) is 4.74 Å². The average molecular weight is 278 g/mol. The third-order valence-electron chi connectivity index (χ3n) is 2.31. The minimum absolute atomic E-state index is 0.204. The lowest BCUT2D eigenvalue weighted by molar-refractivity contribution is -0.137. The molecule has 0 fully saturated rings. The van der Waals surface area contributed by atoms with Crippen molar-refractivity contribution < 1.29 is 14.1 Å². The molecule has 1 aromatic carbocycles. The Morgan fingerprint density at radius 1 is 1.21 bits per heavy atom. The van der Waals surface area contributed by atoms with Gasteiger partial charge in [0.15, 0.2) is 0 Å². The predicted octanol–water partition coefficient (Wildman–Crippen LogP) is 3.42. The second-order valence-corrected chi connectivity index (χ2v) is 8.19. The fourth-order valence-electron chi connectivity index (χ4n) is 1.28. The molecule has 4 heteroatoms. The van der Waals surface area contributed by atoms with Crippen molar-refractivity contribution in [2.24, 2.45) is 0 Å². The molecule has 0 aromatic heterocycles. The Bertz CT molecular complexity index is 497. The van der Waals surface area contributed by atoms with Crippen molar-refractivity contribution in [2.45, 2.75) is 0 Å². The molecule has 0 aliphatic carbocycles. The van der Waals surface area contributed by atoms with E-state index in [-0.39, 0.29) is 6.61 Å². The Morgan fingerprint density at radius 2 is 1.89 bits per heavy atom. The maximum absolute atomic E-state index is 11.4. The molecular weight excluding hydrogens is 259 g/mol. The number of allylic oxidation sites excluding steroid dienone is 2. The highest BCUT2D eigenvalue weighted by atomic mass is 31.2. The van der Waals surface area contributed by atoms with Crippen LogP contribution in [0, 0.1) is 0 Å². The maximum atomic E-state index is 11.4. The van der Waals surface area contributed by atoms with Crippen molar-refractivity contribution in [3.8, 4) is 0 Å². The zero-order valence-corrected chi connectivity index (χ0v) is 12.2. The normalized spacial score (nSPS) is 12.1. The van der Waals surface area contributed by atoms with Gasteiger partial charge in [-0.15, -0.1) is 0 Å². The molecule has 0 amide bonds. The molecule has 0 saturated heterocycles. The maximum Gasteiger partial charge on any atom is 0.330 e. The molecule has 0 saturated carbocycles. The third kappa shape index (κ3) is 8.17. The van der Waals surface area contributed by atoms with Crippen molar-refractivity contribution in [1.29, 1.82) is 0 Å². The van der Waals surface area contributed by atoms with Crippen LogP contribution < -0.4 is 0 Å². The van der Waals surface area contributed by atoms with E-state index in [0.717, 1.165) is 5.56 Å². The van der Waals surface area contributed by atoms with E-state index in [2.05, 4.69) is 0 Å². The molecule has 0 heterocycles. The predicted molar refractivity (Wildman–Crippen MR) is 79.9 cm³/mol. The lowest BCUT2D eigenvalue weighted by Gasteiger charge is -2.05. The summed E-state index contributed by atoms with van der Waals surface area (Å²) in [5, 5.41) is 0.